The number of rotatable bonds is 10. The lowest BCUT2D eigenvalue weighted by Gasteiger charge is -2.17. The van der Waals surface area contributed by atoms with E-state index in [1.165, 1.54) is 10.9 Å². The highest BCUT2D eigenvalue weighted by molar-refractivity contribution is 6.09. The zero-order valence-electron chi connectivity index (χ0n) is 33.5. The number of imidazole rings is 1. The average molecular weight is 765 g/mol. The van der Waals surface area contributed by atoms with Crippen molar-refractivity contribution in [1.29, 1.82) is 0 Å². The molecule has 0 aliphatic heterocycles. The van der Waals surface area contributed by atoms with E-state index in [0.717, 1.165) is 96.8 Å². The smallest absolute Gasteiger partial charge is 0.269 e. The molecule has 0 atom stereocenters. The summed E-state index contributed by atoms with van der Waals surface area (Å²) in [5.74, 6) is 2.91. The van der Waals surface area contributed by atoms with Crippen molar-refractivity contribution in [2.45, 2.75) is 39.5 Å². The quantitative estimate of drug-likeness (QED) is 0.103. The molecule has 3 aromatic heterocycles. The van der Waals surface area contributed by atoms with Gasteiger partial charge < -0.3 is 4.74 Å². The van der Waals surface area contributed by atoms with E-state index in [1.54, 1.807) is 0 Å². The molecule has 0 N–H and O–H groups in total. The minimum absolute atomic E-state index is 0.494. The molecule has 5 heteroatoms. The summed E-state index contributed by atoms with van der Waals surface area (Å²) in [5, 5.41) is 2.35. The maximum absolute atomic E-state index is 6.75. The van der Waals surface area contributed by atoms with Crippen molar-refractivity contribution >= 4 is 32.8 Å². The zero-order valence-corrected chi connectivity index (χ0v) is 33.5. The first-order chi connectivity index (χ1) is 29.1. The number of pyridine rings is 1. The van der Waals surface area contributed by atoms with Gasteiger partial charge in [0.2, 0.25) is 0 Å². The third kappa shape index (κ3) is 6.45. The van der Waals surface area contributed by atoms with Crippen LogP contribution in [0.3, 0.4) is 0 Å². The largest absolute Gasteiger partial charge is 0.458 e. The number of aryl methyl sites for hydroxylation is 1. The molecule has 10 rings (SSSR count). The topological polar surface area (TPSA) is 35.9 Å². The second kappa shape index (κ2) is 15.3. The molecule has 0 aliphatic carbocycles. The molecule has 0 saturated carbocycles. The van der Waals surface area contributed by atoms with E-state index in [2.05, 4.69) is 211 Å². The van der Waals surface area contributed by atoms with Crippen molar-refractivity contribution in [2.24, 2.45) is 0 Å². The van der Waals surface area contributed by atoms with Crippen molar-refractivity contribution in [3.8, 4) is 50.9 Å². The number of hydrogen-bond donors (Lipinski definition) is 0. The molecular weight excluding hydrogens is 721 g/mol. The highest BCUT2D eigenvalue weighted by Crippen LogP contribution is 2.38. The van der Waals surface area contributed by atoms with Crippen LogP contribution in [0.4, 0.5) is 0 Å². The summed E-state index contributed by atoms with van der Waals surface area (Å²) >= 11 is 0. The van der Waals surface area contributed by atoms with Crippen molar-refractivity contribution in [3.05, 3.63) is 200 Å². The fraction of sp³-hybridized carbons (Fsp3) is 0.111. The molecule has 0 radical (unpaired) electrons. The zero-order chi connectivity index (χ0) is 39.9. The number of para-hydroxylation sites is 3. The van der Waals surface area contributed by atoms with Crippen LogP contribution in [0.2, 0.25) is 0 Å². The van der Waals surface area contributed by atoms with E-state index in [-0.39, 0.29) is 0 Å². The minimum Gasteiger partial charge on any atom is -0.458 e. The van der Waals surface area contributed by atoms with Gasteiger partial charge in [-0.1, -0.05) is 135 Å². The van der Waals surface area contributed by atoms with Gasteiger partial charge in [0.15, 0.2) is 0 Å². The Labute approximate surface area is 345 Å². The number of ether oxygens (including phenoxy) is 1. The maximum Gasteiger partial charge on any atom is 0.269 e. The third-order valence-corrected chi connectivity index (χ3v) is 11.7. The SMILES string of the molecule is CCC(CC)c1ccnc(-n2c3ccccc3c3ccc(Oc4cccc(-n5[c-][n+](-c6c(-c7ccccc7)cccc6-c6ccccc6)c6c(C)cccc65)c4)cc32)c1. The first-order valence-electron chi connectivity index (χ1n) is 20.6. The Kier molecular flexibility index (Phi) is 9.34. The Balaban J connectivity index is 1.09. The summed E-state index contributed by atoms with van der Waals surface area (Å²) < 4.78 is 13.4. The second-order valence-electron chi connectivity index (χ2n) is 15.2. The molecule has 10 aromatic rings. The van der Waals surface area contributed by atoms with E-state index >= 15 is 0 Å². The van der Waals surface area contributed by atoms with Crippen LogP contribution in [0, 0.1) is 13.3 Å². The Hall–Kier alpha value is -7.24. The fourth-order valence-electron chi connectivity index (χ4n) is 8.82. The van der Waals surface area contributed by atoms with Crippen LogP contribution < -0.4 is 9.30 Å². The summed E-state index contributed by atoms with van der Waals surface area (Å²) in [4.78, 5) is 4.91. The van der Waals surface area contributed by atoms with Crippen molar-refractivity contribution in [3.63, 3.8) is 0 Å². The van der Waals surface area contributed by atoms with Gasteiger partial charge in [0.05, 0.1) is 33.4 Å². The molecule has 3 heterocycles. The Morgan fingerprint density at radius 3 is 1.98 bits per heavy atom. The summed E-state index contributed by atoms with van der Waals surface area (Å²) in [6, 6.07) is 62.0. The van der Waals surface area contributed by atoms with Crippen LogP contribution >= 0.6 is 0 Å². The lowest BCUT2D eigenvalue weighted by molar-refractivity contribution is -0.571. The van der Waals surface area contributed by atoms with Gasteiger partial charge in [-0.2, -0.15) is 0 Å². The summed E-state index contributed by atoms with van der Waals surface area (Å²) in [6.07, 6.45) is 7.96. The fourth-order valence-corrected chi connectivity index (χ4v) is 8.82. The molecule has 0 amide bonds. The second-order valence-corrected chi connectivity index (χ2v) is 15.2. The predicted molar refractivity (Wildman–Crippen MR) is 241 cm³/mol. The molecular formula is C54H44N4O. The normalized spacial score (nSPS) is 11.6. The average Bonchev–Trinajstić information content (AvgIpc) is 3.84. The van der Waals surface area contributed by atoms with E-state index in [1.807, 2.05) is 12.3 Å². The van der Waals surface area contributed by atoms with Gasteiger partial charge in [0, 0.05) is 23.0 Å². The van der Waals surface area contributed by atoms with Crippen LogP contribution in [0.1, 0.15) is 43.7 Å². The number of nitrogens with zero attached hydrogens (tertiary/aromatic N) is 4. The molecule has 7 aromatic carbocycles. The standard InChI is InChI=1S/C54H44N4O/c1-4-38(5-2)41-31-32-55-52(33-41)58-49-27-13-12-24-47(49)48-30-29-44(35-51(48)58)59-43-23-15-22-42(34-43)56-36-57(53-37(3)17-14-28-50(53)56)54-45(39-18-8-6-9-19-39)25-16-26-46(54)40-20-10-7-11-21-40/h6-35,38H,4-5H2,1-3H3. The van der Waals surface area contributed by atoms with E-state index in [4.69, 9.17) is 9.72 Å². The third-order valence-electron chi connectivity index (χ3n) is 11.7. The Morgan fingerprint density at radius 1 is 0.593 bits per heavy atom. The van der Waals surface area contributed by atoms with Crippen LogP contribution in [0.5, 0.6) is 11.5 Å². The number of aromatic nitrogens is 4. The maximum atomic E-state index is 6.75. The lowest BCUT2D eigenvalue weighted by atomic mass is 9.95. The van der Waals surface area contributed by atoms with Crippen LogP contribution in [-0.2, 0) is 0 Å². The molecule has 0 bridgehead atoms. The molecule has 0 saturated heterocycles. The Morgan fingerprint density at radius 2 is 1.24 bits per heavy atom. The number of benzene rings is 7. The first kappa shape index (κ1) is 36.1. The van der Waals surface area contributed by atoms with Gasteiger partial charge in [-0.25, -0.2) is 4.98 Å². The van der Waals surface area contributed by atoms with Gasteiger partial charge in [-0.15, -0.1) is 0 Å². The van der Waals surface area contributed by atoms with Gasteiger partial charge >= 0.3 is 0 Å². The summed E-state index contributed by atoms with van der Waals surface area (Å²) in [7, 11) is 0. The highest BCUT2D eigenvalue weighted by Gasteiger charge is 2.21. The van der Waals surface area contributed by atoms with Gasteiger partial charge in [0.25, 0.3) is 6.33 Å². The highest BCUT2D eigenvalue weighted by atomic mass is 16.5. The van der Waals surface area contributed by atoms with Crippen molar-refractivity contribution < 1.29 is 9.30 Å². The van der Waals surface area contributed by atoms with Gasteiger partial charge in [-0.05, 0) is 108 Å². The molecule has 0 aliphatic rings. The lowest BCUT2D eigenvalue weighted by Crippen LogP contribution is -2.32. The molecule has 0 unspecified atom stereocenters. The number of hydrogen-bond acceptors (Lipinski definition) is 2. The van der Waals surface area contributed by atoms with Crippen LogP contribution in [0.25, 0.3) is 72.3 Å². The van der Waals surface area contributed by atoms with E-state index in [9.17, 15) is 0 Å². The van der Waals surface area contributed by atoms with Gasteiger partial charge in [-0.3, -0.25) is 13.7 Å². The predicted octanol–water partition coefficient (Wildman–Crippen LogP) is 13.5. The van der Waals surface area contributed by atoms with Gasteiger partial charge in [0.1, 0.15) is 17.3 Å². The van der Waals surface area contributed by atoms with E-state index < -0.39 is 0 Å². The van der Waals surface area contributed by atoms with E-state index in [0.29, 0.717) is 5.92 Å². The monoisotopic (exact) mass is 764 g/mol. The Bertz CT molecular complexity index is 3060. The number of fused-ring (bicyclic) bond motifs is 4. The van der Waals surface area contributed by atoms with Crippen LogP contribution in [-0.4, -0.2) is 14.1 Å². The van der Waals surface area contributed by atoms with Crippen molar-refractivity contribution in [2.75, 3.05) is 0 Å². The first-order valence-corrected chi connectivity index (χ1v) is 20.6. The molecule has 5 nitrogen and oxygen atoms in total. The minimum atomic E-state index is 0.494. The molecule has 0 spiro atoms. The molecule has 0 fully saturated rings. The van der Waals surface area contributed by atoms with Crippen LogP contribution in [0.15, 0.2) is 182 Å². The summed E-state index contributed by atoms with van der Waals surface area (Å²) in [6.45, 7) is 6.70. The van der Waals surface area contributed by atoms with Crippen molar-refractivity contribution in [1.82, 2.24) is 14.1 Å². The molecule has 286 valence electrons. The summed E-state index contributed by atoms with van der Waals surface area (Å²) in [5.41, 5.74) is 13.4. The molecule has 59 heavy (non-hydrogen) atoms.